The highest BCUT2D eigenvalue weighted by Gasteiger charge is 2.36. The van der Waals surface area contributed by atoms with Gasteiger partial charge < -0.3 is 19.9 Å². The molecule has 1 aliphatic heterocycles. The summed E-state index contributed by atoms with van der Waals surface area (Å²) >= 11 is 6.03. The summed E-state index contributed by atoms with van der Waals surface area (Å²) in [4.78, 5) is 34.7. The van der Waals surface area contributed by atoms with Gasteiger partial charge >= 0.3 is 12.0 Å². The van der Waals surface area contributed by atoms with Crippen LogP contribution in [0.1, 0.15) is 43.3 Å². The Morgan fingerprint density at radius 1 is 1.39 bits per heavy atom. The largest absolute Gasteiger partial charge is 0.467 e. The normalized spacial score (nSPS) is 18.1. The fourth-order valence-corrected chi connectivity index (χ4v) is 3.62. The monoisotopic (exact) mass is 404 g/mol. The number of hydrogen-bond donors (Lipinski definition) is 2. The number of imidazole rings is 1. The smallest absolute Gasteiger partial charge is 0.328 e. The first-order chi connectivity index (χ1) is 13.5. The second-order valence-electron chi connectivity index (χ2n) is 7.00. The van der Waals surface area contributed by atoms with E-state index in [0.29, 0.717) is 18.0 Å². The van der Waals surface area contributed by atoms with Gasteiger partial charge in [0, 0.05) is 23.7 Å². The van der Waals surface area contributed by atoms with E-state index in [-0.39, 0.29) is 18.0 Å². The number of halogens is 1. The summed E-state index contributed by atoms with van der Waals surface area (Å²) < 4.78 is 4.89. The summed E-state index contributed by atoms with van der Waals surface area (Å²) in [6.45, 7) is 4.39. The topological polar surface area (TPSA) is 87.3 Å². The maximum absolute atomic E-state index is 13.2. The predicted molar refractivity (Wildman–Crippen MR) is 106 cm³/mol. The van der Waals surface area contributed by atoms with Gasteiger partial charge in [-0.25, -0.2) is 14.6 Å². The van der Waals surface area contributed by atoms with Crippen LogP contribution in [-0.4, -0.2) is 46.6 Å². The highest BCUT2D eigenvalue weighted by atomic mass is 35.5. The number of benzene rings is 1. The lowest BCUT2D eigenvalue weighted by Gasteiger charge is -2.36. The number of fused-ring (bicyclic) bond motifs is 1. The van der Waals surface area contributed by atoms with Gasteiger partial charge in [0.15, 0.2) is 0 Å². The third kappa shape index (κ3) is 3.99. The van der Waals surface area contributed by atoms with Crippen molar-refractivity contribution < 1.29 is 14.3 Å². The van der Waals surface area contributed by atoms with Gasteiger partial charge in [-0.2, -0.15) is 0 Å². The van der Waals surface area contributed by atoms with Gasteiger partial charge in [-0.05, 0) is 23.6 Å². The summed E-state index contributed by atoms with van der Waals surface area (Å²) in [6, 6.07) is 6.00. The van der Waals surface area contributed by atoms with Crippen molar-refractivity contribution in [3.8, 4) is 0 Å². The molecule has 0 aliphatic carbocycles. The lowest BCUT2D eigenvalue weighted by molar-refractivity contribution is -0.144. The molecule has 0 unspecified atom stereocenters. The van der Waals surface area contributed by atoms with Gasteiger partial charge in [-0.15, -0.1) is 0 Å². The Morgan fingerprint density at radius 3 is 2.75 bits per heavy atom. The zero-order chi connectivity index (χ0) is 20.3. The van der Waals surface area contributed by atoms with E-state index in [1.165, 1.54) is 7.11 Å². The van der Waals surface area contributed by atoms with Crippen LogP contribution in [0.4, 0.5) is 4.79 Å². The first-order valence-electron chi connectivity index (χ1n) is 9.38. The summed E-state index contributed by atoms with van der Waals surface area (Å²) in [5.74, 6) is -0.487. The fraction of sp³-hybridized carbons (Fsp3) is 0.450. The molecule has 2 amide bonds. The van der Waals surface area contributed by atoms with Crippen molar-refractivity contribution in [2.24, 2.45) is 5.92 Å². The molecule has 150 valence electrons. The zero-order valence-corrected chi connectivity index (χ0v) is 17.0. The summed E-state index contributed by atoms with van der Waals surface area (Å²) in [5, 5.41) is 3.50. The number of carbonyl (C=O) groups is 2. The van der Waals surface area contributed by atoms with E-state index in [2.05, 4.69) is 15.3 Å². The number of aromatic nitrogens is 2. The van der Waals surface area contributed by atoms with Crippen LogP contribution in [0.3, 0.4) is 0 Å². The van der Waals surface area contributed by atoms with Crippen molar-refractivity contribution in [1.29, 1.82) is 0 Å². The van der Waals surface area contributed by atoms with Crippen molar-refractivity contribution >= 4 is 23.6 Å². The summed E-state index contributed by atoms with van der Waals surface area (Å²) in [6.07, 6.45) is 3.05. The number of urea groups is 1. The molecular weight excluding hydrogens is 380 g/mol. The number of aromatic amines is 1. The second-order valence-corrected chi connectivity index (χ2v) is 7.44. The van der Waals surface area contributed by atoms with Crippen LogP contribution >= 0.6 is 11.6 Å². The quantitative estimate of drug-likeness (QED) is 0.748. The summed E-state index contributed by atoms with van der Waals surface area (Å²) in [5.41, 5.74) is 2.73. The van der Waals surface area contributed by atoms with E-state index >= 15 is 0 Å². The van der Waals surface area contributed by atoms with Gasteiger partial charge in [-0.3, -0.25) is 0 Å². The maximum atomic E-state index is 13.2. The number of nitrogens with one attached hydrogen (secondary N) is 2. The van der Waals surface area contributed by atoms with Crippen molar-refractivity contribution in [3.05, 3.63) is 52.6 Å². The number of esters is 1. The second kappa shape index (κ2) is 8.65. The highest BCUT2D eigenvalue weighted by molar-refractivity contribution is 6.30. The van der Waals surface area contributed by atoms with E-state index in [4.69, 9.17) is 16.3 Å². The predicted octanol–water partition coefficient (Wildman–Crippen LogP) is 3.31. The molecule has 0 fully saturated rings. The molecule has 1 aromatic carbocycles. The van der Waals surface area contributed by atoms with Crippen molar-refractivity contribution in [2.45, 2.75) is 38.8 Å². The lowest BCUT2D eigenvalue weighted by Crippen LogP contribution is -2.53. The van der Waals surface area contributed by atoms with Gasteiger partial charge in [0.2, 0.25) is 0 Å². The first-order valence-corrected chi connectivity index (χ1v) is 9.76. The SMILES string of the molecule is CC[C@@H](C)[C@@H](NC(=O)N1CCc2[nH]cnc2[C@@H]1c1ccc(Cl)cc1)C(=O)OC. The van der Waals surface area contributed by atoms with Crippen LogP contribution in [0.2, 0.25) is 5.02 Å². The molecule has 1 aromatic heterocycles. The molecule has 7 nitrogen and oxygen atoms in total. The number of carbonyl (C=O) groups excluding carboxylic acids is 2. The number of amides is 2. The first kappa shape index (κ1) is 20.2. The average molecular weight is 405 g/mol. The Balaban J connectivity index is 1.91. The molecule has 1 aliphatic rings. The minimum atomic E-state index is -0.700. The molecular formula is C20H25ClN4O3. The molecule has 2 heterocycles. The van der Waals surface area contributed by atoms with Gasteiger partial charge in [-0.1, -0.05) is 44.0 Å². The van der Waals surface area contributed by atoms with E-state index in [1.807, 2.05) is 26.0 Å². The zero-order valence-electron chi connectivity index (χ0n) is 16.2. The van der Waals surface area contributed by atoms with Crippen LogP contribution in [0.5, 0.6) is 0 Å². The Hall–Kier alpha value is -2.54. The van der Waals surface area contributed by atoms with Gasteiger partial charge in [0.1, 0.15) is 12.1 Å². The van der Waals surface area contributed by atoms with Crippen molar-refractivity contribution in [2.75, 3.05) is 13.7 Å². The molecule has 8 heteroatoms. The summed E-state index contributed by atoms with van der Waals surface area (Å²) in [7, 11) is 1.33. The molecule has 3 rings (SSSR count). The van der Waals surface area contributed by atoms with Crippen LogP contribution in [0.15, 0.2) is 30.6 Å². The fourth-order valence-electron chi connectivity index (χ4n) is 3.49. The molecule has 28 heavy (non-hydrogen) atoms. The number of H-pyrrole nitrogens is 1. The van der Waals surface area contributed by atoms with Crippen molar-refractivity contribution in [1.82, 2.24) is 20.2 Å². The number of nitrogens with zero attached hydrogens (tertiary/aromatic N) is 2. The Labute approximate surface area is 169 Å². The lowest BCUT2D eigenvalue weighted by atomic mass is 9.95. The molecule has 0 saturated carbocycles. The molecule has 0 spiro atoms. The molecule has 0 radical (unpaired) electrons. The van der Waals surface area contributed by atoms with Gasteiger partial charge in [0.05, 0.1) is 19.1 Å². The molecule has 3 atom stereocenters. The van der Waals surface area contributed by atoms with Crippen LogP contribution in [0.25, 0.3) is 0 Å². The van der Waals surface area contributed by atoms with E-state index in [1.54, 1.807) is 23.4 Å². The Bertz CT molecular complexity index is 836. The van der Waals surface area contributed by atoms with E-state index < -0.39 is 12.0 Å². The minimum Gasteiger partial charge on any atom is -0.467 e. The van der Waals surface area contributed by atoms with E-state index in [0.717, 1.165) is 23.4 Å². The maximum Gasteiger partial charge on any atom is 0.328 e. The van der Waals surface area contributed by atoms with Crippen LogP contribution < -0.4 is 5.32 Å². The number of methoxy groups -OCH3 is 1. The van der Waals surface area contributed by atoms with E-state index in [9.17, 15) is 9.59 Å². The minimum absolute atomic E-state index is 0.0453. The molecule has 2 N–H and O–H groups in total. The Kier molecular flexibility index (Phi) is 6.24. The molecule has 0 bridgehead atoms. The Morgan fingerprint density at radius 2 is 2.11 bits per heavy atom. The third-order valence-electron chi connectivity index (χ3n) is 5.32. The van der Waals surface area contributed by atoms with Crippen LogP contribution in [0, 0.1) is 5.92 Å². The third-order valence-corrected chi connectivity index (χ3v) is 5.57. The highest BCUT2D eigenvalue weighted by Crippen LogP contribution is 2.34. The number of rotatable bonds is 5. The number of hydrogen-bond acceptors (Lipinski definition) is 4. The molecule has 2 aromatic rings. The van der Waals surface area contributed by atoms with Gasteiger partial charge in [0.25, 0.3) is 0 Å². The van der Waals surface area contributed by atoms with Crippen molar-refractivity contribution in [3.63, 3.8) is 0 Å². The van der Waals surface area contributed by atoms with Crippen LogP contribution in [-0.2, 0) is 16.0 Å². The number of ether oxygens (including phenoxy) is 1. The average Bonchev–Trinajstić information content (AvgIpc) is 3.19. The standard InChI is InChI=1S/C20H25ClN4O3/c1-4-12(2)16(19(26)28-3)24-20(27)25-10-9-15-17(23-11-22-15)18(25)13-5-7-14(21)8-6-13/h5-8,11-12,16,18H,4,9-10H2,1-3H3,(H,22,23)(H,24,27)/t12-,16-,18+/m1/s1. The molecule has 0 saturated heterocycles.